The predicted octanol–water partition coefficient (Wildman–Crippen LogP) is 3.65. The normalized spacial score (nSPS) is 15.7. The molecule has 1 aliphatic rings. The highest BCUT2D eigenvalue weighted by Crippen LogP contribution is 2.41. The number of fused-ring (bicyclic) bond motifs is 2. The molecule has 162 valence electrons. The first-order valence-electron chi connectivity index (χ1n) is 10.8. The molecule has 0 saturated carbocycles. The van der Waals surface area contributed by atoms with E-state index in [1.54, 1.807) is 4.90 Å². The number of carbonyl (C=O) groups is 2. The van der Waals surface area contributed by atoms with Gasteiger partial charge in [-0.2, -0.15) is 0 Å². The fraction of sp³-hybridized carbons (Fsp3) is 0.360. The van der Waals surface area contributed by atoms with Crippen molar-refractivity contribution < 1.29 is 14.3 Å². The maximum absolute atomic E-state index is 13.2. The monoisotopic (exact) mass is 419 g/mol. The molecule has 2 amide bonds. The number of amides is 2. The van der Waals surface area contributed by atoms with Crippen LogP contribution in [0.15, 0.2) is 54.7 Å². The summed E-state index contributed by atoms with van der Waals surface area (Å²) in [5, 5.41) is 4.02. The molecule has 0 bridgehead atoms. The Balaban J connectivity index is 1.58. The van der Waals surface area contributed by atoms with Crippen LogP contribution in [0.5, 0.6) is 0 Å². The second-order valence-electron chi connectivity index (χ2n) is 8.26. The van der Waals surface area contributed by atoms with Gasteiger partial charge in [0.2, 0.25) is 5.91 Å². The van der Waals surface area contributed by atoms with E-state index in [4.69, 9.17) is 4.74 Å². The summed E-state index contributed by atoms with van der Waals surface area (Å²) in [6.45, 7) is 5.13. The summed E-state index contributed by atoms with van der Waals surface area (Å²) in [7, 11) is 2.00. The Kier molecular flexibility index (Phi) is 6.09. The summed E-state index contributed by atoms with van der Waals surface area (Å²) in [4.78, 5) is 27.6. The summed E-state index contributed by atoms with van der Waals surface area (Å²) in [6.07, 6.45) is 2.99. The minimum Gasteiger partial charge on any atom is -0.379 e. The molecule has 6 heteroatoms. The lowest BCUT2D eigenvalue weighted by Gasteiger charge is -2.25. The lowest BCUT2D eigenvalue weighted by atomic mass is 9.97. The van der Waals surface area contributed by atoms with Gasteiger partial charge in [-0.1, -0.05) is 36.4 Å². The Morgan fingerprint density at radius 3 is 2.65 bits per heavy atom. The van der Waals surface area contributed by atoms with Gasteiger partial charge in [-0.3, -0.25) is 9.59 Å². The number of rotatable bonds is 8. The van der Waals surface area contributed by atoms with E-state index in [0.717, 1.165) is 28.5 Å². The van der Waals surface area contributed by atoms with Crippen LogP contribution in [0.3, 0.4) is 0 Å². The number of para-hydroxylation sites is 1. The van der Waals surface area contributed by atoms with E-state index in [2.05, 4.69) is 28.2 Å². The van der Waals surface area contributed by atoms with Gasteiger partial charge in [0.15, 0.2) is 0 Å². The van der Waals surface area contributed by atoms with Gasteiger partial charge in [-0.15, -0.1) is 0 Å². The van der Waals surface area contributed by atoms with Crippen LogP contribution in [0.4, 0.5) is 0 Å². The quantitative estimate of drug-likeness (QED) is 0.567. The van der Waals surface area contributed by atoms with Crippen molar-refractivity contribution in [1.29, 1.82) is 0 Å². The van der Waals surface area contributed by atoms with E-state index in [0.29, 0.717) is 18.7 Å². The molecule has 6 nitrogen and oxygen atoms in total. The van der Waals surface area contributed by atoms with E-state index in [1.807, 2.05) is 57.3 Å². The van der Waals surface area contributed by atoms with Crippen molar-refractivity contribution >= 4 is 22.7 Å². The van der Waals surface area contributed by atoms with Crippen LogP contribution in [-0.2, 0) is 16.6 Å². The van der Waals surface area contributed by atoms with Crippen molar-refractivity contribution in [1.82, 2.24) is 14.8 Å². The molecule has 2 aromatic carbocycles. The van der Waals surface area contributed by atoms with E-state index >= 15 is 0 Å². The Morgan fingerprint density at radius 1 is 1.10 bits per heavy atom. The van der Waals surface area contributed by atoms with Gasteiger partial charge in [-0.05, 0) is 38.0 Å². The Morgan fingerprint density at radius 2 is 1.84 bits per heavy atom. The molecule has 1 atom stereocenters. The number of nitrogens with zero attached hydrogens (tertiary/aromatic N) is 2. The van der Waals surface area contributed by atoms with Crippen molar-refractivity contribution in [3.05, 3.63) is 71.4 Å². The molecule has 1 N–H and O–H groups in total. The smallest absolute Gasteiger partial charge is 0.255 e. The molecule has 3 aromatic rings. The Bertz CT molecular complexity index is 1100. The van der Waals surface area contributed by atoms with Gasteiger partial charge in [0.05, 0.1) is 12.1 Å². The third-order valence-electron chi connectivity index (χ3n) is 5.69. The molecule has 2 heterocycles. The zero-order valence-electron chi connectivity index (χ0n) is 18.3. The highest BCUT2D eigenvalue weighted by Gasteiger charge is 2.39. The maximum atomic E-state index is 13.2. The summed E-state index contributed by atoms with van der Waals surface area (Å²) < 4.78 is 7.59. The van der Waals surface area contributed by atoms with Crippen LogP contribution in [0.1, 0.15) is 47.8 Å². The molecule has 1 aromatic heterocycles. The van der Waals surface area contributed by atoms with Crippen molar-refractivity contribution in [2.24, 2.45) is 7.05 Å². The number of ether oxygens (including phenoxy) is 1. The lowest BCUT2D eigenvalue weighted by Crippen LogP contribution is -2.40. The van der Waals surface area contributed by atoms with Crippen LogP contribution >= 0.6 is 0 Å². The van der Waals surface area contributed by atoms with Gasteiger partial charge in [0.25, 0.3) is 5.91 Å². The van der Waals surface area contributed by atoms with Crippen molar-refractivity contribution in [3.63, 3.8) is 0 Å². The molecule has 0 fully saturated rings. The zero-order chi connectivity index (χ0) is 22.0. The third kappa shape index (κ3) is 4.21. The predicted molar refractivity (Wildman–Crippen MR) is 121 cm³/mol. The Hall–Kier alpha value is -3.12. The van der Waals surface area contributed by atoms with Crippen molar-refractivity contribution in [3.8, 4) is 0 Å². The second-order valence-corrected chi connectivity index (χ2v) is 8.26. The second kappa shape index (κ2) is 8.94. The number of hydrogen-bond acceptors (Lipinski definition) is 3. The minimum absolute atomic E-state index is 0.0203. The number of carbonyl (C=O) groups excluding carboxylic acids is 2. The van der Waals surface area contributed by atoms with Gasteiger partial charge in [0, 0.05) is 48.4 Å². The summed E-state index contributed by atoms with van der Waals surface area (Å²) >= 11 is 0. The van der Waals surface area contributed by atoms with Gasteiger partial charge in [-0.25, -0.2) is 0 Å². The van der Waals surface area contributed by atoms with E-state index in [9.17, 15) is 9.59 Å². The highest BCUT2D eigenvalue weighted by atomic mass is 16.5. The molecule has 31 heavy (non-hydrogen) atoms. The SMILES string of the molecule is CC(C)OCCCNC(=O)CN1C(=O)c2ccccc2C1c1cn(C)c2ccccc12. The standard InChI is InChI=1S/C25H29N3O3/c1-17(2)31-14-8-13-26-23(29)16-28-24(19-10-4-5-11-20(19)25(28)30)21-15-27(3)22-12-7-6-9-18(21)22/h4-7,9-12,15,17,24H,8,13-14,16H2,1-3H3,(H,26,29). The van der Waals surface area contributed by atoms with Crippen LogP contribution < -0.4 is 5.32 Å². The molecule has 0 spiro atoms. The van der Waals surface area contributed by atoms with Crippen molar-refractivity contribution in [2.45, 2.75) is 32.4 Å². The average molecular weight is 420 g/mol. The highest BCUT2D eigenvalue weighted by molar-refractivity contribution is 6.02. The largest absolute Gasteiger partial charge is 0.379 e. The molecule has 0 aliphatic carbocycles. The fourth-order valence-electron chi connectivity index (χ4n) is 4.29. The van der Waals surface area contributed by atoms with E-state index < -0.39 is 0 Å². The van der Waals surface area contributed by atoms with Crippen LogP contribution in [0.2, 0.25) is 0 Å². The van der Waals surface area contributed by atoms with Crippen LogP contribution in [-0.4, -0.2) is 47.1 Å². The van der Waals surface area contributed by atoms with Gasteiger partial charge >= 0.3 is 0 Å². The van der Waals surface area contributed by atoms with Crippen LogP contribution in [0.25, 0.3) is 10.9 Å². The molecule has 1 aliphatic heterocycles. The van der Waals surface area contributed by atoms with Crippen LogP contribution in [0, 0.1) is 0 Å². The fourth-order valence-corrected chi connectivity index (χ4v) is 4.29. The first-order valence-corrected chi connectivity index (χ1v) is 10.8. The van der Waals surface area contributed by atoms with Gasteiger partial charge in [0.1, 0.15) is 6.54 Å². The molecule has 0 saturated heterocycles. The minimum atomic E-state index is -0.287. The number of aryl methyl sites for hydroxylation is 1. The molecule has 4 rings (SSSR count). The van der Waals surface area contributed by atoms with Gasteiger partial charge < -0.3 is 19.5 Å². The van der Waals surface area contributed by atoms with E-state index in [-0.39, 0.29) is 30.5 Å². The topological polar surface area (TPSA) is 63.6 Å². The number of nitrogens with one attached hydrogen (secondary N) is 1. The summed E-state index contributed by atoms with van der Waals surface area (Å²) in [5.41, 5.74) is 3.75. The third-order valence-corrected chi connectivity index (χ3v) is 5.69. The number of hydrogen-bond donors (Lipinski definition) is 1. The van der Waals surface area contributed by atoms with Crippen molar-refractivity contribution in [2.75, 3.05) is 19.7 Å². The van der Waals surface area contributed by atoms with E-state index in [1.165, 1.54) is 0 Å². The summed E-state index contributed by atoms with van der Waals surface area (Å²) in [6, 6.07) is 15.5. The molecular weight excluding hydrogens is 390 g/mol. The average Bonchev–Trinajstić information content (AvgIpc) is 3.22. The lowest BCUT2D eigenvalue weighted by molar-refractivity contribution is -0.122. The molecule has 0 radical (unpaired) electrons. The Labute approximate surface area is 182 Å². The zero-order valence-corrected chi connectivity index (χ0v) is 18.3. The first kappa shape index (κ1) is 21.1. The summed E-state index contributed by atoms with van der Waals surface area (Å²) in [5.74, 6) is -0.261. The molecule has 1 unspecified atom stereocenters. The number of benzene rings is 2. The molecular formula is C25H29N3O3. The maximum Gasteiger partial charge on any atom is 0.255 e. The first-order chi connectivity index (χ1) is 15.0. The number of aromatic nitrogens is 1.